The first-order valence-corrected chi connectivity index (χ1v) is 24.3. The molecule has 0 radical (unpaired) electrons. The van der Waals surface area contributed by atoms with Crippen LogP contribution in [0.5, 0.6) is 5.75 Å². The molecular weight excluding hydrogens is 693 g/mol. The molecule has 326 valence electrons. The Balaban J connectivity index is 2.75. The first kappa shape index (κ1) is 52.0. The molecule has 0 aliphatic carbocycles. The average molecular weight is 785 g/mol. The molecule has 0 saturated carbocycles. The first-order valence-electron chi connectivity index (χ1n) is 24.3. The van der Waals surface area contributed by atoms with Crippen molar-refractivity contribution in [2.45, 2.75) is 277 Å². The Bertz CT molecular complexity index is 1080. The Morgan fingerprint density at radius 1 is 0.518 bits per heavy atom. The fourth-order valence-electron chi connectivity index (χ4n) is 8.89. The summed E-state index contributed by atoms with van der Waals surface area (Å²) in [4.78, 5) is 24.9. The maximum Gasteiger partial charge on any atom is 0.318 e. The molecule has 0 aliphatic heterocycles. The highest BCUT2D eigenvalue weighted by Crippen LogP contribution is 2.45. The predicted molar refractivity (Wildman–Crippen MR) is 240 cm³/mol. The fraction of sp³-hybridized carbons (Fsp3) is 0.843. The molecule has 56 heavy (non-hydrogen) atoms. The van der Waals surface area contributed by atoms with Crippen molar-refractivity contribution >= 4 is 11.9 Å². The van der Waals surface area contributed by atoms with Gasteiger partial charge in [0.2, 0.25) is 0 Å². The Morgan fingerprint density at radius 2 is 0.821 bits per heavy atom. The summed E-state index contributed by atoms with van der Waals surface area (Å²) in [7, 11) is 0. The number of aromatic hydroxyl groups is 1. The quantitative estimate of drug-likeness (QED) is 0.0396. The van der Waals surface area contributed by atoms with Crippen LogP contribution in [0.1, 0.15) is 276 Å². The molecule has 5 nitrogen and oxygen atoms in total. The van der Waals surface area contributed by atoms with E-state index in [4.69, 9.17) is 4.74 Å². The van der Waals surface area contributed by atoms with Crippen LogP contribution in [0.4, 0.5) is 0 Å². The van der Waals surface area contributed by atoms with Crippen LogP contribution in [0.25, 0.3) is 0 Å². The molecule has 0 atom stereocenters. The highest BCUT2D eigenvalue weighted by atomic mass is 16.6. The lowest BCUT2D eigenvalue weighted by Gasteiger charge is -2.39. The van der Waals surface area contributed by atoms with Gasteiger partial charge in [-0.25, -0.2) is 0 Å². The van der Waals surface area contributed by atoms with Gasteiger partial charge < -0.3 is 14.9 Å². The molecule has 1 aromatic carbocycles. The van der Waals surface area contributed by atoms with E-state index in [9.17, 15) is 19.8 Å². The predicted octanol–water partition coefficient (Wildman–Crippen LogP) is 16.5. The topological polar surface area (TPSA) is 83.8 Å². The fourth-order valence-corrected chi connectivity index (χ4v) is 8.89. The van der Waals surface area contributed by atoms with Gasteiger partial charge in [0.05, 0.1) is 0 Å². The number of ether oxygens (including phenoxy) is 1. The van der Waals surface area contributed by atoms with E-state index < -0.39 is 24.0 Å². The minimum absolute atomic E-state index is 0.245. The molecule has 0 spiro atoms. The van der Waals surface area contributed by atoms with E-state index in [2.05, 4.69) is 34.6 Å². The number of carbonyl (C=O) groups excluding carboxylic acids is 1. The van der Waals surface area contributed by atoms with Crippen molar-refractivity contribution in [3.8, 4) is 5.75 Å². The lowest BCUT2D eigenvalue weighted by atomic mass is 9.72. The maximum absolute atomic E-state index is 13.2. The van der Waals surface area contributed by atoms with Gasteiger partial charge in [-0.05, 0) is 60.8 Å². The van der Waals surface area contributed by atoms with Crippen molar-refractivity contribution < 1.29 is 24.5 Å². The minimum Gasteiger partial charge on any atom is -0.508 e. The normalized spacial score (nSPS) is 12.0. The van der Waals surface area contributed by atoms with Gasteiger partial charge in [-0.1, -0.05) is 233 Å². The molecule has 0 aromatic heterocycles. The van der Waals surface area contributed by atoms with Crippen molar-refractivity contribution in [3.63, 3.8) is 0 Å². The summed E-state index contributed by atoms with van der Waals surface area (Å²) in [6.07, 6.45) is 42.2. The van der Waals surface area contributed by atoms with Crippen molar-refractivity contribution in [3.05, 3.63) is 28.8 Å². The van der Waals surface area contributed by atoms with Crippen LogP contribution in [-0.2, 0) is 25.3 Å². The second-order valence-corrected chi connectivity index (χ2v) is 18.5. The van der Waals surface area contributed by atoms with E-state index in [1.54, 1.807) is 6.07 Å². The lowest BCUT2D eigenvalue weighted by molar-refractivity contribution is -0.167. The second kappa shape index (κ2) is 32.9. The lowest BCUT2D eigenvalue weighted by Crippen LogP contribution is -2.36. The number of carbonyl (C=O) groups is 2. The SMILES string of the molecule is CCCCCCCCCCCCCCCCCCC(CCCCCCCCCCCCCCCCCC)(OC(=O)CC(=O)O)c1ccc(O)c(C)c1C(C)(C)C. The van der Waals surface area contributed by atoms with E-state index in [1.807, 2.05) is 13.0 Å². The van der Waals surface area contributed by atoms with E-state index in [0.29, 0.717) is 12.8 Å². The number of benzene rings is 1. The highest BCUT2D eigenvalue weighted by Gasteiger charge is 2.40. The third-order valence-electron chi connectivity index (χ3n) is 12.2. The van der Waals surface area contributed by atoms with Crippen molar-refractivity contribution in [1.82, 2.24) is 0 Å². The van der Waals surface area contributed by atoms with Crippen LogP contribution in [0.15, 0.2) is 12.1 Å². The smallest absolute Gasteiger partial charge is 0.318 e. The maximum atomic E-state index is 13.2. The molecule has 0 amide bonds. The summed E-state index contributed by atoms with van der Waals surface area (Å²) in [5.41, 5.74) is 1.55. The Labute approximate surface area is 347 Å². The van der Waals surface area contributed by atoms with Crippen LogP contribution in [0, 0.1) is 6.92 Å². The number of carboxylic acids is 1. The van der Waals surface area contributed by atoms with Gasteiger partial charge in [0.15, 0.2) is 0 Å². The van der Waals surface area contributed by atoms with Crippen LogP contribution >= 0.6 is 0 Å². The summed E-state index contributed by atoms with van der Waals surface area (Å²) < 4.78 is 6.41. The Kier molecular flexibility index (Phi) is 30.5. The van der Waals surface area contributed by atoms with Gasteiger partial charge in [-0.3, -0.25) is 9.59 Å². The van der Waals surface area contributed by atoms with Crippen LogP contribution < -0.4 is 0 Å². The third-order valence-corrected chi connectivity index (χ3v) is 12.2. The number of hydrogen-bond donors (Lipinski definition) is 2. The molecule has 0 saturated heterocycles. The van der Waals surface area contributed by atoms with Gasteiger partial charge in [-0.2, -0.15) is 0 Å². The highest BCUT2D eigenvalue weighted by molar-refractivity contribution is 5.90. The van der Waals surface area contributed by atoms with E-state index in [0.717, 1.165) is 55.2 Å². The van der Waals surface area contributed by atoms with E-state index in [-0.39, 0.29) is 11.2 Å². The number of esters is 1. The van der Waals surface area contributed by atoms with Gasteiger partial charge in [-0.15, -0.1) is 0 Å². The standard InChI is InChI=1S/C51H92O5/c1-7-9-11-13-15-17-19-21-23-25-27-29-31-33-35-37-41-51(56-48(55)43-47(53)54,45-39-40-46(52)44(3)49(45)50(4,5)6)42-38-36-34-32-30-28-26-24-22-20-18-16-14-12-10-8-2/h39-40,52H,7-38,41-43H2,1-6H3,(H,53,54). The second-order valence-electron chi connectivity index (χ2n) is 18.5. The number of hydrogen-bond acceptors (Lipinski definition) is 4. The first-order chi connectivity index (χ1) is 27.0. The zero-order valence-electron chi connectivity index (χ0n) is 38.0. The summed E-state index contributed by atoms with van der Waals surface area (Å²) in [6.45, 7) is 12.9. The molecule has 1 rings (SSSR count). The average Bonchev–Trinajstić information content (AvgIpc) is 3.14. The van der Waals surface area contributed by atoms with Gasteiger partial charge in [0, 0.05) is 0 Å². The molecule has 2 N–H and O–H groups in total. The summed E-state index contributed by atoms with van der Waals surface area (Å²) in [5.74, 6) is -1.59. The van der Waals surface area contributed by atoms with Crippen molar-refractivity contribution in [2.75, 3.05) is 0 Å². The van der Waals surface area contributed by atoms with Crippen LogP contribution in [0.2, 0.25) is 0 Å². The van der Waals surface area contributed by atoms with Gasteiger partial charge in [0.1, 0.15) is 17.8 Å². The number of phenolic OH excluding ortho intramolecular Hbond substituents is 1. The van der Waals surface area contributed by atoms with Crippen molar-refractivity contribution in [1.29, 1.82) is 0 Å². The summed E-state index contributed by atoms with van der Waals surface area (Å²) in [6, 6.07) is 3.69. The molecule has 0 aliphatic rings. The molecule has 5 heteroatoms. The number of carboxylic acid groups (broad SMARTS) is 1. The Morgan fingerprint density at radius 3 is 1.11 bits per heavy atom. The zero-order chi connectivity index (χ0) is 41.3. The van der Waals surface area contributed by atoms with E-state index in [1.165, 1.54) is 167 Å². The zero-order valence-corrected chi connectivity index (χ0v) is 38.0. The molecule has 0 bridgehead atoms. The van der Waals surface area contributed by atoms with E-state index >= 15 is 0 Å². The minimum atomic E-state index is -1.16. The number of unbranched alkanes of at least 4 members (excludes halogenated alkanes) is 30. The van der Waals surface area contributed by atoms with Crippen LogP contribution in [-0.4, -0.2) is 22.2 Å². The van der Waals surface area contributed by atoms with Gasteiger partial charge in [0.25, 0.3) is 0 Å². The number of rotatable bonds is 38. The molecule has 0 fully saturated rings. The molecular formula is C51H92O5. The largest absolute Gasteiger partial charge is 0.508 e. The molecule has 0 heterocycles. The molecule has 0 unspecified atom stereocenters. The summed E-state index contributed by atoms with van der Waals surface area (Å²) >= 11 is 0. The third kappa shape index (κ3) is 24.7. The number of aliphatic carboxylic acids is 1. The van der Waals surface area contributed by atoms with Crippen LogP contribution in [0.3, 0.4) is 0 Å². The summed E-state index contributed by atoms with van der Waals surface area (Å²) in [5, 5.41) is 20.3. The Hall–Kier alpha value is -2.04. The van der Waals surface area contributed by atoms with Crippen molar-refractivity contribution in [2.24, 2.45) is 0 Å². The number of phenols is 1. The van der Waals surface area contributed by atoms with Gasteiger partial charge >= 0.3 is 11.9 Å². The molecule has 1 aromatic rings. The monoisotopic (exact) mass is 785 g/mol.